The monoisotopic (exact) mass is 418 g/mol. The van der Waals surface area contributed by atoms with Gasteiger partial charge in [0.25, 0.3) is 0 Å². The maximum Gasteiger partial charge on any atom is 0.427 e. The number of nitrogens with zero attached hydrogens (tertiary/aromatic N) is 4. The fraction of sp³-hybridized carbons (Fsp3) is 0.600. The van der Waals surface area contributed by atoms with E-state index in [9.17, 15) is 9.59 Å². The van der Waals surface area contributed by atoms with E-state index in [1.54, 1.807) is 20.8 Å². The van der Waals surface area contributed by atoms with Gasteiger partial charge in [-0.3, -0.25) is 0 Å². The van der Waals surface area contributed by atoms with Crippen molar-refractivity contribution in [2.75, 3.05) is 23.4 Å². The highest BCUT2D eigenvalue weighted by Crippen LogP contribution is 2.21. The van der Waals surface area contributed by atoms with E-state index < -0.39 is 23.4 Å². The number of alkyl carbamates (subject to hydrolysis) is 1. The van der Waals surface area contributed by atoms with Gasteiger partial charge in [0.05, 0.1) is 6.04 Å². The van der Waals surface area contributed by atoms with Crippen LogP contribution in [0, 0.1) is 0 Å². The molecule has 10 heteroatoms. The summed E-state index contributed by atoms with van der Waals surface area (Å²) < 4.78 is 12.1. The molecule has 1 unspecified atom stereocenters. The number of hydrogen-bond donors (Lipinski definition) is 2. The van der Waals surface area contributed by atoms with Crippen LogP contribution in [0.5, 0.6) is 0 Å². The van der Waals surface area contributed by atoms with Gasteiger partial charge in [-0.15, -0.1) is 0 Å². The van der Waals surface area contributed by atoms with Crippen molar-refractivity contribution in [3.8, 4) is 0 Å². The summed E-state index contributed by atoms with van der Waals surface area (Å²) in [6, 6.07) is 3.70. The van der Waals surface area contributed by atoms with Crippen LogP contribution in [0.4, 0.5) is 15.4 Å². The van der Waals surface area contributed by atoms with Crippen molar-refractivity contribution in [1.82, 2.24) is 20.0 Å². The largest absolute Gasteiger partial charge is 0.444 e. The number of carbonyl (C=O) groups is 2. The molecule has 1 atom stereocenters. The zero-order chi connectivity index (χ0) is 22.1. The molecule has 2 amide bonds. The van der Waals surface area contributed by atoms with Crippen LogP contribution in [0.1, 0.15) is 48.0 Å². The lowest BCUT2D eigenvalue weighted by Crippen LogP contribution is -2.40. The van der Waals surface area contributed by atoms with Gasteiger partial charge in [-0.2, -0.15) is 0 Å². The zero-order valence-electron chi connectivity index (χ0n) is 18.4. The van der Waals surface area contributed by atoms with Crippen molar-refractivity contribution in [3.05, 3.63) is 18.5 Å². The first-order chi connectivity index (χ1) is 13.9. The Bertz CT molecular complexity index is 928. The number of nitrogens with one attached hydrogen (secondary N) is 2. The molecule has 1 aliphatic rings. The Balaban J connectivity index is 1.67. The maximum absolute atomic E-state index is 12.1. The summed E-state index contributed by atoms with van der Waals surface area (Å²) in [4.78, 5) is 35.1. The molecule has 10 nitrogen and oxygen atoms in total. The number of ether oxygens (including phenoxy) is 2. The number of hydrogen-bond acceptors (Lipinski definition) is 7. The molecule has 0 bridgehead atoms. The lowest BCUT2D eigenvalue weighted by Gasteiger charge is -2.22. The molecule has 1 saturated heterocycles. The molecule has 0 aromatic carbocycles. The summed E-state index contributed by atoms with van der Waals surface area (Å²) in [5.74, 6) is 0.740. The van der Waals surface area contributed by atoms with Crippen LogP contribution in [0.15, 0.2) is 18.5 Å². The van der Waals surface area contributed by atoms with Crippen LogP contribution in [0.2, 0.25) is 0 Å². The Morgan fingerprint density at radius 1 is 1.07 bits per heavy atom. The van der Waals surface area contributed by atoms with Gasteiger partial charge in [-0.1, -0.05) is 0 Å². The molecule has 0 spiro atoms. The topological polar surface area (TPSA) is 111 Å². The first kappa shape index (κ1) is 21.7. The van der Waals surface area contributed by atoms with Gasteiger partial charge in [0.2, 0.25) is 0 Å². The number of pyridine rings is 1. The van der Waals surface area contributed by atoms with E-state index in [0.717, 1.165) is 18.8 Å². The second-order valence-corrected chi connectivity index (χ2v) is 9.32. The minimum Gasteiger partial charge on any atom is -0.444 e. The Morgan fingerprint density at radius 3 is 2.40 bits per heavy atom. The Labute approximate surface area is 175 Å². The molecule has 0 aliphatic carbocycles. The lowest BCUT2D eigenvalue weighted by atomic mass is 10.2. The third kappa shape index (κ3) is 5.74. The van der Waals surface area contributed by atoms with E-state index in [1.165, 1.54) is 11.0 Å². The van der Waals surface area contributed by atoms with Gasteiger partial charge in [0.15, 0.2) is 5.65 Å². The van der Waals surface area contributed by atoms with Crippen LogP contribution in [0.25, 0.3) is 11.2 Å². The van der Waals surface area contributed by atoms with E-state index in [0.29, 0.717) is 17.7 Å². The number of aromatic nitrogens is 3. The third-order valence-electron chi connectivity index (χ3n) is 4.22. The van der Waals surface area contributed by atoms with E-state index >= 15 is 0 Å². The molecule has 3 rings (SSSR count). The van der Waals surface area contributed by atoms with Crippen molar-refractivity contribution in [3.63, 3.8) is 0 Å². The van der Waals surface area contributed by atoms with Crippen molar-refractivity contribution in [2.45, 2.75) is 65.2 Å². The summed E-state index contributed by atoms with van der Waals surface area (Å²) in [7, 11) is 0. The number of anilines is 1. The van der Waals surface area contributed by atoms with Gasteiger partial charge >= 0.3 is 12.2 Å². The quantitative estimate of drug-likeness (QED) is 0.788. The highest BCUT2D eigenvalue weighted by molar-refractivity contribution is 5.80. The maximum atomic E-state index is 12.1. The van der Waals surface area contributed by atoms with Gasteiger partial charge in [0.1, 0.15) is 28.9 Å². The van der Waals surface area contributed by atoms with Crippen LogP contribution in [0.3, 0.4) is 0 Å². The summed E-state index contributed by atoms with van der Waals surface area (Å²) in [6.45, 7) is 12.2. The van der Waals surface area contributed by atoms with Crippen LogP contribution in [-0.4, -0.2) is 57.2 Å². The lowest BCUT2D eigenvalue weighted by molar-refractivity contribution is 0.0507. The van der Waals surface area contributed by atoms with Gasteiger partial charge in [-0.05, 0) is 60.1 Å². The molecule has 1 fully saturated rings. The summed E-state index contributed by atoms with van der Waals surface area (Å²) in [5, 5.41) is 2.90. The standard InChI is InChI=1S/C20H30N6O4/c1-19(2,3)29-17(27)22-13-9-10-25(11-13)15-8-7-14-16(23-15)26(12-21-14)24-18(28)30-20(4,5)6/h7-8,12-13H,9-11H2,1-6H3,(H,22,27)(H,24,28). The molecule has 2 aromatic rings. The fourth-order valence-corrected chi connectivity index (χ4v) is 3.10. The van der Waals surface area contributed by atoms with E-state index in [-0.39, 0.29) is 6.04 Å². The predicted octanol–water partition coefficient (Wildman–Crippen LogP) is 3.01. The van der Waals surface area contributed by atoms with Gasteiger partial charge in [0, 0.05) is 13.1 Å². The molecule has 0 radical (unpaired) electrons. The zero-order valence-corrected chi connectivity index (χ0v) is 18.4. The van der Waals surface area contributed by atoms with Crippen LogP contribution in [-0.2, 0) is 9.47 Å². The van der Waals surface area contributed by atoms with E-state index in [4.69, 9.17) is 9.47 Å². The first-order valence-corrected chi connectivity index (χ1v) is 9.98. The molecular weight excluding hydrogens is 388 g/mol. The van der Waals surface area contributed by atoms with E-state index in [1.807, 2.05) is 32.9 Å². The summed E-state index contributed by atoms with van der Waals surface area (Å²) >= 11 is 0. The minimum absolute atomic E-state index is 0.0258. The van der Waals surface area contributed by atoms with Crippen molar-refractivity contribution in [1.29, 1.82) is 0 Å². The van der Waals surface area contributed by atoms with Crippen molar-refractivity contribution < 1.29 is 19.1 Å². The Morgan fingerprint density at radius 2 is 1.73 bits per heavy atom. The average molecular weight is 418 g/mol. The number of carbonyl (C=O) groups excluding carboxylic acids is 2. The van der Waals surface area contributed by atoms with Crippen LogP contribution < -0.4 is 15.6 Å². The predicted molar refractivity (Wildman–Crippen MR) is 113 cm³/mol. The second-order valence-electron chi connectivity index (χ2n) is 9.32. The Kier molecular flexibility index (Phi) is 5.78. The highest BCUT2D eigenvalue weighted by Gasteiger charge is 2.27. The van der Waals surface area contributed by atoms with Gasteiger partial charge in [-0.25, -0.2) is 29.7 Å². The number of amides is 2. The van der Waals surface area contributed by atoms with E-state index in [2.05, 4.69) is 25.6 Å². The number of rotatable bonds is 3. The molecule has 3 heterocycles. The number of imidazole rings is 1. The molecule has 2 aromatic heterocycles. The molecule has 1 aliphatic heterocycles. The summed E-state index contributed by atoms with van der Waals surface area (Å²) in [6.07, 6.45) is 1.27. The first-order valence-electron chi connectivity index (χ1n) is 9.98. The molecule has 30 heavy (non-hydrogen) atoms. The average Bonchev–Trinajstić information content (AvgIpc) is 3.18. The molecule has 164 valence electrons. The minimum atomic E-state index is -0.606. The highest BCUT2D eigenvalue weighted by atomic mass is 16.6. The second kappa shape index (κ2) is 8.00. The normalized spacial score (nSPS) is 17.1. The molecule has 0 saturated carbocycles. The number of fused-ring (bicyclic) bond motifs is 1. The SMILES string of the molecule is CC(C)(C)OC(=O)NC1CCN(c2ccc3ncn(NC(=O)OC(C)(C)C)c3n2)C1. The molecular formula is C20H30N6O4. The van der Waals surface area contributed by atoms with Crippen molar-refractivity contribution >= 4 is 29.2 Å². The fourth-order valence-electron chi connectivity index (χ4n) is 3.10. The van der Waals surface area contributed by atoms with Gasteiger partial charge < -0.3 is 19.7 Å². The van der Waals surface area contributed by atoms with Crippen LogP contribution >= 0.6 is 0 Å². The van der Waals surface area contributed by atoms with Crippen molar-refractivity contribution in [2.24, 2.45) is 0 Å². The third-order valence-corrected chi connectivity index (χ3v) is 4.22. The summed E-state index contributed by atoms with van der Waals surface area (Å²) in [5.41, 5.74) is 2.66. The molecule has 2 N–H and O–H groups in total. The Hall–Kier alpha value is -3.04. The smallest absolute Gasteiger partial charge is 0.427 e.